The van der Waals surface area contributed by atoms with Gasteiger partial charge in [-0.05, 0) is 24.3 Å². The molecule has 0 aliphatic heterocycles. The van der Waals surface area contributed by atoms with Crippen LogP contribution in [0.4, 0.5) is 14.5 Å². The van der Waals surface area contributed by atoms with Gasteiger partial charge >= 0.3 is 6.61 Å². The van der Waals surface area contributed by atoms with E-state index in [4.69, 9.17) is 0 Å². The molecule has 1 aromatic carbocycles. The van der Waals surface area contributed by atoms with Gasteiger partial charge in [-0.25, -0.2) is 0 Å². The Morgan fingerprint density at radius 1 is 1.24 bits per heavy atom. The molecule has 1 aromatic heterocycles. The van der Waals surface area contributed by atoms with Crippen LogP contribution >= 0.6 is 0 Å². The number of H-pyrrole nitrogens is 1. The SMILES string of the molecule is CC(C)(C)c1[nH]ncc1CNc1ccc(OC(F)F)cc1. The summed E-state index contributed by atoms with van der Waals surface area (Å²) in [6.07, 6.45) is 1.79. The second-order valence-corrected chi connectivity index (χ2v) is 5.78. The number of benzene rings is 1. The maximum Gasteiger partial charge on any atom is 0.387 e. The van der Waals surface area contributed by atoms with E-state index in [0.717, 1.165) is 16.9 Å². The van der Waals surface area contributed by atoms with Crippen LogP contribution in [0.25, 0.3) is 0 Å². The number of nitrogens with zero attached hydrogens (tertiary/aromatic N) is 1. The van der Waals surface area contributed by atoms with E-state index in [0.29, 0.717) is 6.54 Å². The summed E-state index contributed by atoms with van der Waals surface area (Å²) < 4.78 is 28.4. The number of ether oxygens (including phenoxy) is 1. The van der Waals surface area contributed by atoms with Gasteiger partial charge in [-0.3, -0.25) is 5.10 Å². The average molecular weight is 295 g/mol. The summed E-state index contributed by atoms with van der Waals surface area (Å²) in [4.78, 5) is 0. The van der Waals surface area contributed by atoms with E-state index in [-0.39, 0.29) is 11.2 Å². The molecule has 0 amide bonds. The van der Waals surface area contributed by atoms with E-state index in [2.05, 4.69) is 41.0 Å². The zero-order valence-electron chi connectivity index (χ0n) is 12.3. The van der Waals surface area contributed by atoms with Crippen LogP contribution in [-0.4, -0.2) is 16.8 Å². The molecule has 4 nitrogen and oxygen atoms in total. The van der Waals surface area contributed by atoms with E-state index in [1.165, 1.54) is 12.1 Å². The van der Waals surface area contributed by atoms with Gasteiger partial charge in [0.05, 0.1) is 6.20 Å². The third-order valence-corrected chi connectivity index (χ3v) is 3.03. The lowest BCUT2D eigenvalue weighted by atomic mass is 9.89. The van der Waals surface area contributed by atoms with Crippen LogP contribution in [-0.2, 0) is 12.0 Å². The summed E-state index contributed by atoms with van der Waals surface area (Å²) in [5, 5.41) is 10.3. The van der Waals surface area contributed by atoms with Gasteiger partial charge in [-0.1, -0.05) is 20.8 Å². The van der Waals surface area contributed by atoms with Crippen LogP contribution in [0.3, 0.4) is 0 Å². The Bertz CT molecular complexity index is 573. The molecule has 21 heavy (non-hydrogen) atoms. The van der Waals surface area contributed by atoms with Crippen LogP contribution in [0, 0.1) is 0 Å². The van der Waals surface area contributed by atoms with Crippen molar-refractivity contribution in [3.63, 3.8) is 0 Å². The van der Waals surface area contributed by atoms with E-state index >= 15 is 0 Å². The first-order valence-electron chi connectivity index (χ1n) is 6.68. The summed E-state index contributed by atoms with van der Waals surface area (Å²) in [5.41, 5.74) is 2.98. The minimum atomic E-state index is -2.80. The highest BCUT2D eigenvalue weighted by Gasteiger charge is 2.19. The van der Waals surface area contributed by atoms with E-state index < -0.39 is 6.61 Å². The zero-order valence-corrected chi connectivity index (χ0v) is 12.3. The number of anilines is 1. The lowest BCUT2D eigenvalue weighted by Crippen LogP contribution is -2.15. The maximum atomic E-state index is 12.1. The second kappa shape index (κ2) is 6.11. The van der Waals surface area contributed by atoms with Gasteiger partial charge in [0.1, 0.15) is 5.75 Å². The van der Waals surface area contributed by atoms with Gasteiger partial charge in [0, 0.05) is 28.9 Å². The van der Waals surface area contributed by atoms with Crippen LogP contribution in [0.5, 0.6) is 5.75 Å². The first-order chi connectivity index (χ1) is 9.86. The maximum absolute atomic E-state index is 12.1. The largest absolute Gasteiger partial charge is 0.435 e. The van der Waals surface area contributed by atoms with Crippen molar-refractivity contribution in [3.8, 4) is 5.75 Å². The molecule has 2 rings (SSSR count). The second-order valence-electron chi connectivity index (χ2n) is 5.78. The Balaban J connectivity index is 1.99. The van der Waals surface area contributed by atoms with Crippen LogP contribution < -0.4 is 10.1 Å². The van der Waals surface area contributed by atoms with Gasteiger partial charge in [0.2, 0.25) is 0 Å². The van der Waals surface area contributed by atoms with Crippen molar-refractivity contribution in [1.82, 2.24) is 10.2 Å². The fraction of sp³-hybridized carbons (Fsp3) is 0.400. The number of hydrogen-bond donors (Lipinski definition) is 2. The third kappa shape index (κ3) is 4.18. The van der Waals surface area contributed by atoms with Gasteiger partial charge < -0.3 is 10.1 Å². The van der Waals surface area contributed by atoms with Crippen molar-refractivity contribution in [2.24, 2.45) is 0 Å². The van der Waals surface area contributed by atoms with Crippen molar-refractivity contribution in [2.45, 2.75) is 39.3 Å². The number of halogens is 2. The zero-order chi connectivity index (χ0) is 15.5. The number of nitrogens with one attached hydrogen (secondary N) is 2. The molecule has 0 spiro atoms. The Kier molecular flexibility index (Phi) is 4.45. The lowest BCUT2D eigenvalue weighted by molar-refractivity contribution is -0.0498. The minimum absolute atomic E-state index is 0.0114. The van der Waals surface area contributed by atoms with E-state index in [1.54, 1.807) is 18.3 Å². The summed E-state index contributed by atoms with van der Waals surface area (Å²) >= 11 is 0. The molecule has 6 heteroatoms. The molecular weight excluding hydrogens is 276 g/mol. The highest BCUT2D eigenvalue weighted by Crippen LogP contribution is 2.24. The molecule has 1 heterocycles. The van der Waals surface area contributed by atoms with Gasteiger partial charge in [0.15, 0.2) is 0 Å². The van der Waals surface area contributed by atoms with Crippen LogP contribution in [0.1, 0.15) is 32.0 Å². The smallest absolute Gasteiger partial charge is 0.387 e. The van der Waals surface area contributed by atoms with Crippen molar-refractivity contribution < 1.29 is 13.5 Å². The lowest BCUT2D eigenvalue weighted by Gasteiger charge is -2.18. The van der Waals surface area contributed by atoms with Gasteiger partial charge in [-0.2, -0.15) is 13.9 Å². The first-order valence-corrected chi connectivity index (χ1v) is 6.68. The summed E-state index contributed by atoms with van der Waals surface area (Å²) in [7, 11) is 0. The van der Waals surface area contributed by atoms with Crippen molar-refractivity contribution in [2.75, 3.05) is 5.32 Å². The van der Waals surface area contributed by atoms with Crippen LogP contribution in [0.2, 0.25) is 0 Å². The number of aromatic nitrogens is 2. The Morgan fingerprint density at radius 3 is 2.48 bits per heavy atom. The highest BCUT2D eigenvalue weighted by atomic mass is 19.3. The minimum Gasteiger partial charge on any atom is -0.435 e. The molecule has 114 valence electrons. The van der Waals surface area contributed by atoms with Crippen molar-refractivity contribution in [1.29, 1.82) is 0 Å². The third-order valence-electron chi connectivity index (χ3n) is 3.03. The number of rotatable bonds is 5. The van der Waals surface area contributed by atoms with Gasteiger partial charge in [0.25, 0.3) is 0 Å². The van der Waals surface area contributed by atoms with E-state index in [1.807, 2.05) is 0 Å². The summed E-state index contributed by atoms with van der Waals surface area (Å²) in [6.45, 7) is 4.14. The Hall–Kier alpha value is -2.11. The molecule has 0 atom stereocenters. The van der Waals surface area contributed by atoms with Gasteiger partial charge in [-0.15, -0.1) is 0 Å². The molecule has 0 saturated heterocycles. The summed E-state index contributed by atoms with van der Waals surface area (Å²) in [5.74, 6) is 0.147. The molecule has 0 radical (unpaired) electrons. The molecular formula is C15H19F2N3O. The number of hydrogen-bond acceptors (Lipinski definition) is 3. The predicted octanol–water partition coefficient (Wildman–Crippen LogP) is 3.92. The predicted molar refractivity (Wildman–Crippen MR) is 77.7 cm³/mol. The molecule has 0 unspecified atom stereocenters. The van der Waals surface area contributed by atoms with Crippen LogP contribution in [0.15, 0.2) is 30.5 Å². The fourth-order valence-electron chi connectivity index (χ4n) is 2.05. The molecule has 0 aliphatic rings. The van der Waals surface area contributed by atoms with Crippen molar-refractivity contribution >= 4 is 5.69 Å². The van der Waals surface area contributed by atoms with Crippen molar-refractivity contribution in [3.05, 3.63) is 41.7 Å². The average Bonchev–Trinajstić information content (AvgIpc) is 2.85. The molecule has 0 saturated carbocycles. The molecule has 0 fully saturated rings. The topological polar surface area (TPSA) is 49.9 Å². The molecule has 0 bridgehead atoms. The normalized spacial score (nSPS) is 11.7. The Labute approximate surface area is 122 Å². The highest BCUT2D eigenvalue weighted by molar-refractivity contribution is 5.47. The fourth-order valence-corrected chi connectivity index (χ4v) is 2.05. The quantitative estimate of drug-likeness (QED) is 0.879. The molecule has 0 aliphatic carbocycles. The molecule has 2 aromatic rings. The first kappa shape index (κ1) is 15.3. The molecule has 2 N–H and O–H groups in total. The monoisotopic (exact) mass is 295 g/mol. The number of alkyl halides is 2. The Morgan fingerprint density at radius 2 is 1.90 bits per heavy atom. The summed E-state index contributed by atoms with van der Waals surface area (Å²) in [6, 6.07) is 6.42. The standard InChI is InChI=1S/C15H19F2N3O/c1-15(2,3)13-10(9-19-20-13)8-18-11-4-6-12(7-5-11)21-14(16)17/h4-7,9,14,18H,8H2,1-3H3,(H,19,20). The number of aromatic amines is 1. The van der Waals surface area contributed by atoms with E-state index in [9.17, 15) is 8.78 Å².